The van der Waals surface area contributed by atoms with Gasteiger partial charge in [-0.15, -0.1) is 0 Å². The number of nitrogens with two attached hydrogens (primary N) is 1. The SMILES string of the molecule is CC(CCS(=O)(=O)C(C)(C)C)(C(N)=O)C(=O)O. The van der Waals surface area contributed by atoms with Crippen LogP contribution in [0, 0.1) is 5.41 Å². The van der Waals surface area contributed by atoms with Gasteiger partial charge in [-0.3, -0.25) is 9.59 Å². The van der Waals surface area contributed by atoms with Crippen molar-refractivity contribution in [1.82, 2.24) is 0 Å². The predicted octanol–water partition coefficient (Wildman–Crippen LogP) is 0.166. The second-order valence-corrected chi connectivity index (χ2v) is 8.05. The normalized spacial score (nSPS) is 16.2. The number of carbonyl (C=O) groups is 2. The Labute approximate surface area is 101 Å². The zero-order valence-electron chi connectivity index (χ0n) is 10.5. The topological polar surface area (TPSA) is 115 Å². The summed E-state index contributed by atoms with van der Waals surface area (Å²) in [7, 11) is -3.47. The third-order valence-corrected chi connectivity index (χ3v) is 5.43. The molecule has 0 radical (unpaired) electrons. The van der Waals surface area contributed by atoms with Gasteiger partial charge in [0, 0.05) is 0 Å². The van der Waals surface area contributed by atoms with E-state index < -0.39 is 31.9 Å². The molecule has 0 aromatic rings. The first-order chi connectivity index (χ1) is 7.34. The fraction of sp³-hybridized carbons (Fsp3) is 0.800. The smallest absolute Gasteiger partial charge is 0.318 e. The Morgan fingerprint density at radius 1 is 1.18 bits per heavy atom. The number of hydrogen-bond donors (Lipinski definition) is 2. The largest absolute Gasteiger partial charge is 0.480 e. The molecule has 17 heavy (non-hydrogen) atoms. The van der Waals surface area contributed by atoms with Gasteiger partial charge in [0.05, 0.1) is 10.5 Å². The van der Waals surface area contributed by atoms with Gasteiger partial charge in [0.1, 0.15) is 5.41 Å². The van der Waals surface area contributed by atoms with Crippen LogP contribution in [0.4, 0.5) is 0 Å². The van der Waals surface area contributed by atoms with Crippen molar-refractivity contribution in [2.24, 2.45) is 11.1 Å². The number of carbonyl (C=O) groups excluding carboxylic acids is 1. The standard InChI is InChI=1S/C10H19NO5S/c1-9(2,3)17(15,16)6-5-10(4,7(11)12)8(13)14/h5-6H2,1-4H3,(H2,11,12)(H,13,14). The molecule has 0 rings (SSSR count). The second kappa shape index (κ2) is 4.64. The van der Waals surface area contributed by atoms with Crippen molar-refractivity contribution in [2.75, 3.05) is 5.75 Å². The minimum atomic E-state index is -3.47. The van der Waals surface area contributed by atoms with E-state index in [4.69, 9.17) is 10.8 Å². The van der Waals surface area contributed by atoms with Gasteiger partial charge < -0.3 is 10.8 Å². The quantitative estimate of drug-likeness (QED) is 0.687. The highest BCUT2D eigenvalue weighted by molar-refractivity contribution is 7.92. The molecule has 0 aliphatic heterocycles. The number of amides is 1. The average Bonchev–Trinajstić information content (AvgIpc) is 2.11. The van der Waals surface area contributed by atoms with E-state index in [2.05, 4.69) is 0 Å². The molecule has 0 heterocycles. The summed E-state index contributed by atoms with van der Waals surface area (Å²) >= 11 is 0. The molecule has 6 nitrogen and oxygen atoms in total. The summed E-state index contributed by atoms with van der Waals surface area (Å²) in [6.45, 7) is 5.69. The molecule has 0 aromatic carbocycles. The third-order valence-electron chi connectivity index (χ3n) is 2.82. The molecule has 0 aliphatic rings. The van der Waals surface area contributed by atoms with E-state index in [1.54, 1.807) is 0 Å². The molecule has 1 atom stereocenters. The Bertz CT molecular complexity index is 404. The van der Waals surface area contributed by atoms with Gasteiger partial charge in [-0.05, 0) is 34.1 Å². The number of carboxylic acids is 1. The molecule has 1 amide bonds. The zero-order chi connectivity index (χ0) is 14.1. The fourth-order valence-corrected chi connectivity index (χ4v) is 2.27. The van der Waals surface area contributed by atoms with E-state index in [0.717, 1.165) is 6.92 Å². The summed E-state index contributed by atoms with van der Waals surface area (Å²) in [5.41, 5.74) is 3.15. The van der Waals surface area contributed by atoms with Crippen molar-refractivity contribution in [3.63, 3.8) is 0 Å². The first-order valence-electron chi connectivity index (χ1n) is 5.10. The number of carboxylic acid groups (broad SMARTS) is 1. The maximum Gasteiger partial charge on any atom is 0.318 e. The van der Waals surface area contributed by atoms with Crippen LogP contribution in [0.2, 0.25) is 0 Å². The van der Waals surface area contributed by atoms with Crippen molar-refractivity contribution in [3.05, 3.63) is 0 Å². The molecule has 0 saturated heterocycles. The molecule has 0 saturated carbocycles. The maximum absolute atomic E-state index is 11.8. The van der Waals surface area contributed by atoms with Crippen LogP contribution in [0.25, 0.3) is 0 Å². The lowest BCUT2D eigenvalue weighted by molar-refractivity contribution is -0.153. The van der Waals surface area contributed by atoms with E-state index in [-0.39, 0.29) is 12.2 Å². The molecule has 0 bridgehead atoms. The van der Waals surface area contributed by atoms with Crippen LogP contribution < -0.4 is 5.73 Å². The Hall–Kier alpha value is -1.11. The highest BCUT2D eigenvalue weighted by Crippen LogP contribution is 2.25. The molecule has 0 fully saturated rings. The summed E-state index contributed by atoms with van der Waals surface area (Å²) in [4.78, 5) is 22.0. The Morgan fingerprint density at radius 3 is 1.82 bits per heavy atom. The Balaban J connectivity index is 5.01. The van der Waals surface area contributed by atoms with Gasteiger partial charge in [0.25, 0.3) is 0 Å². The van der Waals surface area contributed by atoms with Crippen LogP contribution in [0.5, 0.6) is 0 Å². The third kappa shape index (κ3) is 3.42. The van der Waals surface area contributed by atoms with Gasteiger partial charge in [0.15, 0.2) is 9.84 Å². The van der Waals surface area contributed by atoms with Crippen molar-refractivity contribution in [1.29, 1.82) is 0 Å². The van der Waals surface area contributed by atoms with Gasteiger partial charge >= 0.3 is 5.97 Å². The van der Waals surface area contributed by atoms with Crippen molar-refractivity contribution >= 4 is 21.7 Å². The lowest BCUT2D eigenvalue weighted by atomic mass is 9.87. The predicted molar refractivity (Wildman–Crippen MR) is 63.1 cm³/mol. The van der Waals surface area contributed by atoms with Crippen LogP contribution in [0.1, 0.15) is 34.1 Å². The van der Waals surface area contributed by atoms with E-state index in [1.807, 2.05) is 0 Å². The van der Waals surface area contributed by atoms with Gasteiger partial charge in [0.2, 0.25) is 5.91 Å². The van der Waals surface area contributed by atoms with E-state index in [1.165, 1.54) is 20.8 Å². The Morgan fingerprint density at radius 2 is 1.59 bits per heavy atom. The van der Waals surface area contributed by atoms with Gasteiger partial charge in [-0.2, -0.15) is 0 Å². The number of rotatable bonds is 5. The van der Waals surface area contributed by atoms with Crippen LogP contribution in [-0.4, -0.2) is 35.9 Å². The van der Waals surface area contributed by atoms with Crippen LogP contribution in [0.15, 0.2) is 0 Å². The van der Waals surface area contributed by atoms with E-state index in [9.17, 15) is 18.0 Å². The molecule has 0 aromatic heterocycles. The summed E-state index contributed by atoms with van der Waals surface area (Å²) in [6, 6.07) is 0. The molecule has 0 aliphatic carbocycles. The van der Waals surface area contributed by atoms with Crippen LogP contribution in [0.3, 0.4) is 0 Å². The van der Waals surface area contributed by atoms with Crippen LogP contribution >= 0.6 is 0 Å². The van der Waals surface area contributed by atoms with Gasteiger partial charge in [-0.1, -0.05) is 0 Å². The lowest BCUT2D eigenvalue weighted by Crippen LogP contribution is -2.44. The summed E-state index contributed by atoms with van der Waals surface area (Å²) < 4.78 is 22.6. The van der Waals surface area contributed by atoms with E-state index >= 15 is 0 Å². The molecular weight excluding hydrogens is 246 g/mol. The molecule has 0 spiro atoms. The number of hydrogen-bond acceptors (Lipinski definition) is 4. The van der Waals surface area contributed by atoms with Gasteiger partial charge in [-0.25, -0.2) is 8.42 Å². The van der Waals surface area contributed by atoms with Crippen molar-refractivity contribution < 1.29 is 23.1 Å². The highest BCUT2D eigenvalue weighted by atomic mass is 32.2. The van der Waals surface area contributed by atoms with Crippen molar-refractivity contribution in [3.8, 4) is 0 Å². The minimum absolute atomic E-state index is 0.322. The number of primary amides is 1. The fourth-order valence-electron chi connectivity index (χ4n) is 0.980. The van der Waals surface area contributed by atoms with Crippen molar-refractivity contribution in [2.45, 2.75) is 38.9 Å². The first kappa shape index (κ1) is 15.9. The van der Waals surface area contributed by atoms with Crippen LogP contribution in [-0.2, 0) is 19.4 Å². The molecule has 1 unspecified atom stereocenters. The highest BCUT2D eigenvalue weighted by Gasteiger charge is 2.42. The zero-order valence-corrected chi connectivity index (χ0v) is 11.3. The average molecular weight is 265 g/mol. The number of sulfone groups is 1. The second-order valence-electron chi connectivity index (χ2n) is 5.18. The van der Waals surface area contributed by atoms with E-state index in [0.29, 0.717) is 0 Å². The molecule has 100 valence electrons. The monoisotopic (exact) mass is 265 g/mol. The minimum Gasteiger partial charge on any atom is -0.480 e. The first-order valence-corrected chi connectivity index (χ1v) is 6.75. The summed E-state index contributed by atoms with van der Waals surface area (Å²) in [5, 5.41) is 8.91. The Kier molecular flexibility index (Phi) is 4.33. The maximum atomic E-state index is 11.8. The summed E-state index contributed by atoms with van der Waals surface area (Å²) in [6.07, 6.45) is -0.322. The lowest BCUT2D eigenvalue weighted by Gasteiger charge is -2.24. The number of aliphatic carboxylic acids is 1. The summed E-state index contributed by atoms with van der Waals surface area (Å²) in [5.74, 6) is -2.83. The molecular formula is C10H19NO5S. The molecule has 3 N–H and O–H groups in total. The molecule has 7 heteroatoms.